The number of thiophene rings is 1. The standard InChI is InChI=1S/C30H31N3O4S/c34-28(26(21-7-3-1-4-8-21)22-9-5-2-6-10-22)32-18-24-13-14-25(27(32)29(35)36)33(24)30(37)31(23-11-12-23)17-20-15-16-38-19-20/h1-10,15-16,19,23-27H,11-14,17-18H2,(H,35,36)/t24-,25+,27-/m0/s1. The van der Waals surface area contributed by atoms with Gasteiger partial charge in [-0.2, -0.15) is 11.3 Å². The molecule has 2 bridgehead atoms. The van der Waals surface area contributed by atoms with E-state index in [1.54, 1.807) is 21.1 Å². The maximum absolute atomic E-state index is 14.2. The van der Waals surface area contributed by atoms with E-state index in [1.807, 2.05) is 77.0 Å². The van der Waals surface area contributed by atoms with Crippen LogP contribution in [0.1, 0.15) is 48.3 Å². The van der Waals surface area contributed by atoms with Crippen LogP contribution < -0.4 is 0 Å². The number of hydrogen-bond acceptors (Lipinski definition) is 4. The first-order chi connectivity index (χ1) is 18.5. The maximum atomic E-state index is 14.2. The molecule has 2 saturated heterocycles. The van der Waals surface area contributed by atoms with Gasteiger partial charge >= 0.3 is 12.0 Å². The molecular formula is C30H31N3O4S. The lowest BCUT2D eigenvalue weighted by Gasteiger charge is -2.47. The molecule has 6 rings (SSSR count). The number of carbonyl (C=O) groups excluding carboxylic acids is 2. The monoisotopic (exact) mass is 529 g/mol. The molecule has 3 aromatic rings. The van der Waals surface area contributed by atoms with Crippen LogP contribution in [0, 0.1) is 0 Å². The van der Waals surface area contributed by atoms with Crippen LogP contribution in [-0.2, 0) is 16.1 Å². The van der Waals surface area contributed by atoms with E-state index in [0.717, 1.165) is 29.5 Å². The molecule has 38 heavy (non-hydrogen) atoms. The number of fused-ring (bicyclic) bond motifs is 2. The van der Waals surface area contributed by atoms with E-state index in [9.17, 15) is 19.5 Å². The van der Waals surface area contributed by atoms with Crippen LogP contribution in [-0.4, -0.2) is 68.4 Å². The lowest BCUT2D eigenvalue weighted by Crippen LogP contribution is -2.67. The third-order valence-corrected chi connectivity index (χ3v) is 8.82. The molecule has 1 aliphatic carbocycles. The van der Waals surface area contributed by atoms with Crippen LogP contribution in [0.4, 0.5) is 4.79 Å². The Balaban J connectivity index is 1.31. The third-order valence-electron chi connectivity index (χ3n) is 8.09. The van der Waals surface area contributed by atoms with Crippen molar-refractivity contribution in [3.05, 3.63) is 94.2 Å². The SMILES string of the molecule is O=C(O)[C@@H]1[C@H]2CC[C@@H](CN1C(=O)C(c1ccccc1)c1ccccc1)N2C(=O)N(Cc1ccsc1)C1CC1. The van der Waals surface area contributed by atoms with Gasteiger partial charge in [0.15, 0.2) is 0 Å². The minimum absolute atomic E-state index is 0.0905. The van der Waals surface area contributed by atoms with Crippen molar-refractivity contribution in [3.8, 4) is 0 Å². The van der Waals surface area contributed by atoms with Crippen LogP contribution in [0.2, 0.25) is 0 Å². The Morgan fingerprint density at radius 2 is 1.58 bits per heavy atom. The van der Waals surface area contributed by atoms with Gasteiger partial charge in [0, 0.05) is 19.1 Å². The average Bonchev–Trinajstić information content (AvgIpc) is 3.56. The highest BCUT2D eigenvalue weighted by Gasteiger charge is 2.55. The Morgan fingerprint density at radius 1 is 0.921 bits per heavy atom. The lowest BCUT2D eigenvalue weighted by molar-refractivity contribution is -0.156. The second-order valence-corrected chi connectivity index (χ2v) is 11.3. The lowest BCUT2D eigenvalue weighted by atomic mass is 9.88. The number of carboxylic acid groups (broad SMARTS) is 1. The van der Waals surface area contributed by atoms with Crippen molar-refractivity contribution in [2.24, 2.45) is 0 Å². The molecule has 3 aliphatic rings. The second-order valence-electron chi connectivity index (χ2n) is 10.5. The molecule has 1 N–H and O–H groups in total. The van der Waals surface area contributed by atoms with Crippen LogP contribution in [0.15, 0.2) is 77.5 Å². The largest absolute Gasteiger partial charge is 0.480 e. The molecule has 3 fully saturated rings. The summed E-state index contributed by atoms with van der Waals surface area (Å²) in [7, 11) is 0. The molecule has 196 valence electrons. The van der Waals surface area contributed by atoms with Crippen molar-refractivity contribution < 1.29 is 19.5 Å². The van der Waals surface area contributed by atoms with Gasteiger partial charge in [-0.3, -0.25) is 4.79 Å². The zero-order valence-corrected chi connectivity index (χ0v) is 21.9. The Bertz CT molecular complexity index is 1260. The predicted molar refractivity (Wildman–Crippen MR) is 145 cm³/mol. The molecule has 1 aromatic heterocycles. The molecule has 0 unspecified atom stereocenters. The summed E-state index contributed by atoms with van der Waals surface area (Å²) in [4.78, 5) is 46.2. The normalized spacial score (nSPS) is 22.5. The first kappa shape index (κ1) is 24.7. The summed E-state index contributed by atoms with van der Waals surface area (Å²) in [5, 5.41) is 14.5. The Labute approximate surface area is 226 Å². The highest BCUT2D eigenvalue weighted by molar-refractivity contribution is 7.07. The van der Waals surface area contributed by atoms with Crippen molar-refractivity contribution >= 4 is 29.2 Å². The molecule has 2 aliphatic heterocycles. The van der Waals surface area contributed by atoms with Crippen LogP contribution in [0.3, 0.4) is 0 Å². The number of hydrogen-bond donors (Lipinski definition) is 1. The van der Waals surface area contributed by atoms with Gasteiger partial charge in [0.1, 0.15) is 6.04 Å². The number of carboxylic acids is 1. The Kier molecular flexibility index (Phi) is 6.66. The van der Waals surface area contributed by atoms with E-state index in [1.165, 1.54) is 0 Å². The molecular weight excluding hydrogens is 498 g/mol. The van der Waals surface area contributed by atoms with Crippen molar-refractivity contribution in [3.63, 3.8) is 0 Å². The molecule has 0 spiro atoms. The summed E-state index contributed by atoms with van der Waals surface area (Å²) in [6, 6.07) is 19.4. The highest BCUT2D eigenvalue weighted by Crippen LogP contribution is 2.40. The molecule has 8 heteroatoms. The summed E-state index contributed by atoms with van der Waals surface area (Å²) >= 11 is 1.61. The van der Waals surface area contributed by atoms with Gasteiger partial charge in [0.05, 0.1) is 18.0 Å². The number of benzene rings is 2. The summed E-state index contributed by atoms with van der Waals surface area (Å²) in [5.74, 6) is -1.89. The first-order valence-electron chi connectivity index (χ1n) is 13.3. The van der Waals surface area contributed by atoms with Gasteiger partial charge in [0.25, 0.3) is 0 Å². The predicted octanol–water partition coefficient (Wildman–Crippen LogP) is 4.79. The molecule has 3 amide bonds. The minimum Gasteiger partial charge on any atom is -0.480 e. The topological polar surface area (TPSA) is 81.2 Å². The number of likely N-dealkylation sites (tertiary alicyclic amines) is 1. The van der Waals surface area contributed by atoms with Crippen molar-refractivity contribution in [1.82, 2.24) is 14.7 Å². The highest BCUT2D eigenvalue weighted by atomic mass is 32.1. The average molecular weight is 530 g/mol. The Hall–Kier alpha value is -3.65. The van der Waals surface area contributed by atoms with Crippen molar-refractivity contribution in [2.45, 2.75) is 62.3 Å². The summed E-state index contributed by atoms with van der Waals surface area (Å²) < 4.78 is 0. The number of carbonyl (C=O) groups is 3. The molecule has 1 saturated carbocycles. The number of piperazine rings is 1. The third kappa shape index (κ3) is 4.58. The zero-order valence-electron chi connectivity index (χ0n) is 21.1. The maximum Gasteiger partial charge on any atom is 0.328 e. The Morgan fingerprint density at radius 3 is 2.13 bits per heavy atom. The first-order valence-corrected chi connectivity index (χ1v) is 14.2. The van der Waals surface area contributed by atoms with Crippen LogP contribution in [0.25, 0.3) is 0 Å². The quantitative estimate of drug-likeness (QED) is 0.477. The zero-order chi connectivity index (χ0) is 26.2. The van der Waals surface area contributed by atoms with Gasteiger partial charge in [-0.25, -0.2) is 9.59 Å². The number of aliphatic carboxylic acids is 1. The van der Waals surface area contributed by atoms with E-state index in [4.69, 9.17) is 0 Å². The fourth-order valence-corrected chi connectivity index (χ4v) is 6.83. The fraction of sp³-hybridized carbons (Fsp3) is 0.367. The van der Waals surface area contributed by atoms with E-state index in [-0.39, 0.29) is 30.6 Å². The van der Waals surface area contributed by atoms with E-state index < -0.39 is 24.0 Å². The number of urea groups is 1. The smallest absolute Gasteiger partial charge is 0.328 e. The fourth-order valence-electron chi connectivity index (χ4n) is 6.17. The molecule has 2 aromatic carbocycles. The second kappa shape index (κ2) is 10.3. The number of rotatable bonds is 7. The van der Waals surface area contributed by atoms with Crippen molar-refractivity contribution in [1.29, 1.82) is 0 Å². The van der Waals surface area contributed by atoms with Gasteiger partial charge in [0.2, 0.25) is 5.91 Å². The molecule has 3 atom stereocenters. The van der Waals surface area contributed by atoms with Crippen LogP contribution in [0.5, 0.6) is 0 Å². The summed E-state index contributed by atoms with van der Waals surface area (Å²) in [6.45, 7) is 0.762. The molecule has 3 heterocycles. The van der Waals surface area contributed by atoms with E-state index >= 15 is 0 Å². The van der Waals surface area contributed by atoms with Gasteiger partial charge in [-0.15, -0.1) is 0 Å². The summed E-state index contributed by atoms with van der Waals surface area (Å²) in [5.41, 5.74) is 2.75. The molecule has 7 nitrogen and oxygen atoms in total. The molecule has 0 radical (unpaired) electrons. The minimum atomic E-state index is -1.08. The van der Waals surface area contributed by atoms with Gasteiger partial charge in [-0.05, 0) is 59.2 Å². The van der Waals surface area contributed by atoms with E-state index in [2.05, 4.69) is 5.38 Å². The van der Waals surface area contributed by atoms with E-state index in [0.29, 0.717) is 19.4 Å². The number of amides is 3. The van der Waals surface area contributed by atoms with Gasteiger partial charge < -0.3 is 19.8 Å². The summed E-state index contributed by atoms with van der Waals surface area (Å²) in [6.07, 6.45) is 3.22. The van der Waals surface area contributed by atoms with Crippen LogP contribution >= 0.6 is 11.3 Å². The number of nitrogens with zero attached hydrogens (tertiary/aromatic N) is 3. The van der Waals surface area contributed by atoms with Gasteiger partial charge in [-0.1, -0.05) is 60.7 Å². The van der Waals surface area contributed by atoms with Crippen molar-refractivity contribution in [2.75, 3.05) is 6.54 Å².